The summed E-state index contributed by atoms with van der Waals surface area (Å²) in [5.41, 5.74) is 8.47. The van der Waals surface area contributed by atoms with E-state index in [-0.39, 0.29) is 12.6 Å². The molecule has 0 amide bonds. The topological polar surface area (TPSA) is 94.1 Å². The summed E-state index contributed by atoms with van der Waals surface area (Å²) in [4.78, 5) is 9.00. The number of hydrogen-bond donors (Lipinski definition) is 1. The minimum atomic E-state index is -3.26. The molecule has 3 heterocycles. The third-order valence-electron chi connectivity index (χ3n) is 4.32. The van der Waals surface area contributed by atoms with Gasteiger partial charge in [-0.3, -0.25) is 0 Å². The number of nitrogens with zero attached hydrogens (tertiary/aromatic N) is 4. The highest BCUT2D eigenvalue weighted by Crippen LogP contribution is 2.34. The third-order valence-corrected chi connectivity index (χ3v) is 5.54. The van der Waals surface area contributed by atoms with E-state index in [4.69, 9.17) is 5.73 Å². The number of imidazole rings is 1. The highest BCUT2D eigenvalue weighted by molar-refractivity contribution is 7.88. The van der Waals surface area contributed by atoms with Crippen molar-refractivity contribution in [3.63, 3.8) is 0 Å². The van der Waals surface area contributed by atoms with Gasteiger partial charge in [-0.1, -0.05) is 18.2 Å². The molecule has 23 heavy (non-hydrogen) atoms. The molecule has 0 aliphatic carbocycles. The summed E-state index contributed by atoms with van der Waals surface area (Å²) < 4.78 is 27.3. The minimum Gasteiger partial charge on any atom is -0.382 e. The first kappa shape index (κ1) is 14.4. The van der Waals surface area contributed by atoms with Crippen LogP contribution < -0.4 is 5.73 Å². The van der Waals surface area contributed by atoms with Crippen LogP contribution in [0.25, 0.3) is 21.9 Å². The number of sulfonamides is 1. The number of nitrogen functional groups attached to an aromatic ring is 1. The standard InChI is InChI=1S/C15H17N5O2S/c1-9-7-19(23(2,21)22)8-12-18-13-14(20(9)12)10-5-3-4-6-11(10)17-15(13)16/h3-6,9H,7-8H2,1-2H3,(H2,16,17)/t9-/m0/s1. The number of rotatable bonds is 1. The van der Waals surface area contributed by atoms with Gasteiger partial charge in [-0.05, 0) is 13.0 Å². The van der Waals surface area contributed by atoms with Crippen LogP contribution in [-0.4, -0.2) is 40.1 Å². The maximum absolute atomic E-state index is 11.9. The van der Waals surface area contributed by atoms with Crippen LogP contribution in [0.15, 0.2) is 24.3 Å². The van der Waals surface area contributed by atoms with Crippen molar-refractivity contribution in [2.75, 3.05) is 18.5 Å². The zero-order valence-electron chi connectivity index (χ0n) is 12.9. The second-order valence-electron chi connectivity index (χ2n) is 6.01. The van der Waals surface area contributed by atoms with Crippen LogP contribution in [0.5, 0.6) is 0 Å². The number of nitrogens with two attached hydrogens (primary N) is 1. The van der Waals surface area contributed by atoms with Crippen molar-refractivity contribution in [3.8, 4) is 0 Å². The lowest BCUT2D eigenvalue weighted by molar-refractivity contribution is 0.298. The molecule has 4 rings (SSSR count). The van der Waals surface area contributed by atoms with E-state index in [0.29, 0.717) is 23.7 Å². The Labute approximate surface area is 133 Å². The highest BCUT2D eigenvalue weighted by Gasteiger charge is 2.31. The number of para-hydroxylation sites is 1. The molecule has 0 fully saturated rings. The summed E-state index contributed by atoms with van der Waals surface area (Å²) in [6, 6.07) is 7.76. The Morgan fingerprint density at radius 1 is 1.26 bits per heavy atom. The number of anilines is 1. The van der Waals surface area contributed by atoms with E-state index < -0.39 is 10.0 Å². The first-order chi connectivity index (χ1) is 10.9. The fourth-order valence-electron chi connectivity index (χ4n) is 3.31. The van der Waals surface area contributed by atoms with E-state index in [2.05, 4.69) is 14.5 Å². The third kappa shape index (κ3) is 2.09. The number of fused-ring (bicyclic) bond motifs is 5. The molecule has 7 nitrogen and oxygen atoms in total. The van der Waals surface area contributed by atoms with Crippen molar-refractivity contribution in [1.82, 2.24) is 18.8 Å². The Kier molecular flexibility index (Phi) is 2.91. The van der Waals surface area contributed by atoms with Crippen molar-refractivity contribution in [3.05, 3.63) is 30.1 Å². The molecular formula is C15H17N5O2S. The Bertz CT molecular complexity index is 1040. The SMILES string of the molecule is C[C@H]1CN(S(C)(=O)=O)Cc2nc3c(N)nc4ccccc4c3n21. The molecular weight excluding hydrogens is 314 g/mol. The Hall–Kier alpha value is -2.19. The molecule has 1 aromatic carbocycles. The zero-order chi connectivity index (χ0) is 16.4. The summed E-state index contributed by atoms with van der Waals surface area (Å²) in [5.74, 6) is 1.08. The van der Waals surface area contributed by atoms with Crippen molar-refractivity contribution >= 4 is 37.8 Å². The zero-order valence-corrected chi connectivity index (χ0v) is 13.7. The van der Waals surface area contributed by atoms with Crippen LogP contribution in [-0.2, 0) is 16.6 Å². The van der Waals surface area contributed by atoms with Gasteiger partial charge in [0, 0.05) is 18.0 Å². The number of pyridine rings is 1. The molecule has 1 atom stereocenters. The van der Waals surface area contributed by atoms with Crippen molar-refractivity contribution < 1.29 is 8.42 Å². The summed E-state index contributed by atoms with van der Waals surface area (Å²) in [7, 11) is -3.26. The predicted octanol–water partition coefficient (Wildman–Crippen LogP) is 1.50. The van der Waals surface area contributed by atoms with Crippen LogP contribution in [0.4, 0.5) is 5.82 Å². The second-order valence-corrected chi connectivity index (χ2v) is 8.00. The van der Waals surface area contributed by atoms with Gasteiger partial charge in [0.2, 0.25) is 10.0 Å². The fraction of sp³-hybridized carbons (Fsp3) is 0.333. The summed E-state index contributed by atoms with van der Waals surface area (Å²) in [5, 5.41) is 0.982. The van der Waals surface area contributed by atoms with Gasteiger partial charge in [-0.15, -0.1) is 0 Å². The molecule has 2 aromatic heterocycles. The molecule has 1 aliphatic rings. The van der Waals surface area contributed by atoms with E-state index >= 15 is 0 Å². The van der Waals surface area contributed by atoms with E-state index in [1.165, 1.54) is 10.6 Å². The van der Waals surface area contributed by atoms with Crippen molar-refractivity contribution in [2.45, 2.75) is 19.5 Å². The Morgan fingerprint density at radius 3 is 2.74 bits per heavy atom. The lowest BCUT2D eigenvalue weighted by atomic mass is 10.1. The first-order valence-corrected chi connectivity index (χ1v) is 9.21. The van der Waals surface area contributed by atoms with Gasteiger partial charge in [0.1, 0.15) is 11.3 Å². The molecule has 120 valence electrons. The van der Waals surface area contributed by atoms with Gasteiger partial charge in [0.05, 0.1) is 23.8 Å². The van der Waals surface area contributed by atoms with Crippen molar-refractivity contribution in [1.29, 1.82) is 0 Å². The summed E-state index contributed by atoms with van der Waals surface area (Å²) >= 11 is 0. The van der Waals surface area contributed by atoms with Crippen LogP contribution in [0, 0.1) is 0 Å². The average Bonchev–Trinajstić information content (AvgIpc) is 2.87. The second kappa shape index (κ2) is 4.65. The van der Waals surface area contributed by atoms with Gasteiger partial charge in [0.25, 0.3) is 0 Å². The Morgan fingerprint density at radius 2 is 2.00 bits per heavy atom. The van der Waals surface area contributed by atoms with E-state index in [9.17, 15) is 8.42 Å². The highest BCUT2D eigenvalue weighted by atomic mass is 32.2. The number of aromatic nitrogens is 3. The van der Waals surface area contributed by atoms with Gasteiger partial charge < -0.3 is 10.3 Å². The molecule has 2 N–H and O–H groups in total. The molecule has 1 aliphatic heterocycles. The van der Waals surface area contributed by atoms with E-state index in [0.717, 1.165) is 16.4 Å². The lowest BCUT2D eigenvalue weighted by Crippen LogP contribution is -2.39. The molecule has 0 unspecified atom stereocenters. The Balaban J connectivity index is 2.05. The molecule has 0 spiro atoms. The van der Waals surface area contributed by atoms with Crippen molar-refractivity contribution in [2.24, 2.45) is 0 Å². The van der Waals surface area contributed by atoms with Crippen LogP contribution in [0.2, 0.25) is 0 Å². The first-order valence-electron chi connectivity index (χ1n) is 7.36. The molecule has 0 saturated carbocycles. The maximum Gasteiger partial charge on any atom is 0.211 e. The van der Waals surface area contributed by atoms with E-state index in [1.807, 2.05) is 31.2 Å². The fourth-order valence-corrected chi connectivity index (χ4v) is 4.14. The minimum absolute atomic E-state index is 0.0244. The predicted molar refractivity (Wildman–Crippen MR) is 89.4 cm³/mol. The average molecular weight is 331 g/mol. The van der Waals surface area contributed by atoms with Gasteiger partial charge in [-0.25, -0.2) is 18.4 Å². The number of hydrogen-bond acceptors (Lipinski definition) is 5. The maximum atomic E-state index is 11.9. The smallest absolute Gasteiger partial charge is 0.211 e. The summed E-state index contributed by atoms with van der Waals surface area (Å²) in [6.07, 6.45) is 1.23. The van der Waals surface area contributed by atoms with Gasteiger partial charge >= 0.3 is 0 Å². The van der Waals surface area contributed by atoms with Crippen LogP contribution in [0.1, 0.15) is 18.8 Å². The normalized spacial score (nSPS) is 19.3. The van der Waals surface area contributed by atoms with E-state index in [1.54, 1.807) is 0 Å². The molecule has 0 radical (unpaired) electrons. The van der Waals surface area contributed by atoms with Gasteiger partial charge in [0.15, 0.2) is 5.82 Å². The van der Waals surface area contributed by atoms with Crippen LogP contribution in [0.3, 0.4) is 0 Å². The monoisotopic (exact) mass is 331 g/mol. The summed E-state index contributed by atoms with van der Waals surface area (Å²) in [6.45, 7) is 2.67. The number of benzene rings is 1. The van der Waals surface area contributed by atoms with Gasteiger partial charge in [-0.2, -0.15) is 4.31 Å². The lowest BCUT2D eigenvalue weighted by Gasteiger charge is -2.31. The van der Waals surface area contributed by atoms with Crippen LogP contribution >= 0.6 is 0 Å². The molecule has 0 bridgehead atoms. The molecule has 8 heteroatoms. The molecule has 3 aromatic rings. The molecule has 0 saturated heterocycles. The largest absolute Gasteiger partial charge is 0.382 e. The quantitative estimate of drug-likeness (QED) is 0.729.